The lowest BCUT2D eigenvalue weighted by Gasteiger charge is -2.07. The smallest absolute Gasteiger partial charge is 0.255 e. The second kappa shape index (κ2) is 5.82. The predicted molar refractivity (Wildman–Crippen MR) is 75.3 cm³/mol. The number of hydrogen-bond donors (Lipinski definition) is 2. The third-order valence-corrected chi connectivity index (χ3v) is 2.63. The van der Waals surface area contributed by atoms with Crippen molar-refractivity contribution in [1.82, 2.24) is 0 Å². The Morgan fingerprint density at radius 3 is 2.53 bits per heavy atom. The second-order valence-corrected chi connectivity index (χ2v) is 4.17. The van der Waals surface area contributed by atoms with Crippen LogP contribution < -0.4 is 10.6 Å². The van der Waals surface area contributed by atoms with Crippen LogP contribution in [0.4, 0.5) is 11.4 Å². The maximum absolute atomic E-state index is 12.1. The average molecular weight is 254 g/mol. The zero-order valence-corrected chi connectivity index (χ0v) is 10.5. The highest BCUT2D eigenvalue weighted by atomic mass is 16.1. The molecule has 96 valence electrons. The number of anilines is 2. The van der Waals surface area contributed by atoms with Gasteiger partial charge < -0.3 is 10.6 Å². The summed E-state index contributed by atoms with van der Waals surface area (Å²) >= 11 is 0. The summed E-state index contributed by atoms with van der Waals surface area (Å²) in [6.45, 7) is 1.96. The molecular weight excluding hydrogens is 240 g/mol. The molecular formula is C15H14N2O2. The SMILES string of the molecule is Cc1cccc(NC(=O)c2cccc(NC=O)c2)c1. The standard InChI is InChI=1S/C15H14N2O2/c1-11-4-2-7-14(8-11)17-15(19)12-5-3-6-13(9-12)16-10-18/h2-10H,1H3,(H,16,18)(H,17,19). The van der Waals surface area contributed by atoms with E-state index in [9.17, 15) is 9.59 Å². The number of rotatable bonds is 4. The first-order valence-corrected chi connectivity index (χ1v) is 5.87. The van der Waals surface area contributed by atoms with E-state index < -0.39 is 0 Å². The summed E-state index contributed by atoms with van der Waals surface area (Å²) in [5, 5.41) is 5.33. The fourth-order valence-corrected chi connectivity index (χ4v) is 1.74. The van der Waals surface area contributed by atoms with Crippen molar-refractivity contribution in [2.24, 2.45) is 0 Å². The number of carbonyl (C=O) groups excluding carboxylic acids is 2. The third kappa shape index (κ3) is 3.42. The number of aryl methyl sites for hydroxylation is 1. The molecule has 2 N–H and O–H groups in total. The van der Waals surface area contributed by atoms with E-state index in [-0.39, 0.29) is 5.91 Å². The number of hydrogen-bond acceptors (Lipinski definition) is 2. The van der Waals surface area contributed by atoms with E-state index in [0.717, 1.165) is 11.3 Å². The van der Waals surface area contributed by atoms with Crippen molar-refractivity contribution in [2.75, 3.05) is 10.6 Å². The summed E-state index contributed by atoms with van der Waals surface area (Å²) < 4.78 is 0. The molecule has 0 bridgehead atoms. The number of carbonyl (C=O) groups is 2. The van der Waals surface area contributed by atoms with Gasteiger partial charge in [-0.1, -0.05) is 18.2 Å². The van der Waals surface area contributed by atoms with E-state index in [1.807, 2.05) is 31.2 Å². The van der Waals surface area contributed by atoms with Gasteiger partial charge in [0.2, 0.25) is 6.41 Å². The highest BCUT2D eigenvalue weighted by Crippen LogP contribution is 2.14. The fraction of sp³-hybridized carbons (Fsp3) is 0.0667. The molecule has 2 aromatic rings. The van der Waals surface area contributed by atoms with Gasteiger partial charge in [-0.3, -0.25) is 9.59 Å². The zero-order valence-electron chi connectivity index (χ0n) is 10.5. The van der Waals surface area contributed by atoms with E-state index in [4.69, 9.17) is 0 Å². The monoisotopic (exact) mass is 254 g/mol. The van der Waals surface area contributed by atoms with Gasteiger partial charge >= 0.3 is 0 Å². The summed E-state index contributed by atoms with van der Waals surface area (Å²) in [6, 6.07) is 14.3. The minimum absolute atomic E-state index is 0.208. The van der Waals surface area contributed by atoms with Crippen LogP contribution in [0.2, 0.25) is 0 Å². The van der Waals surface area contributed by atoms with Crippen LogP contribution in [0, 0.1) is 6.92 Å². The van der Waals surface area contributed by atoms with Crippen LogP contribution in [0.25, 0.3) is 0 Å². The van der Waals surface area contributed by atoms with Gasteiger partial charge in [-0.2, -0.15) is 0 Å². The fourth-order valence-electron chi connectivity index (χ4n) is 1.74. The Kier molecular flexibility index (Phi) is 3.93. The minimum Gasteiger partial charge on any atom is -0.329 e. The summed E-state index contributed by atoms with van der Waals surface area (Å²) in [4.78, 5) is 22.4. The molecule has 0 aliphatic carbocycles. The summed E-state index contributed by atoms with van der Waals surface area (Å²) in [5.74, 6) is -0.208. The van der Waals surface area contributed by atoms with Gasteiger partial charge in [0.25, 0.3) is 5.91 Å². The van der Waals surface area contributed by atoms with Gasteiger partial charge in [-0.25, -0.2) is 0 Å². The van der Waals surface area contributed by atoms with Crippen molar-refractivity contribution in [1.29, 1.82) is 0 Å². The van der Waals surface area contributed by atoms with Crippen LogP contribution in [-0.4, -0.2) is 12.3 Å². The molecule has 0 radical (unpaired) electrons. The van der Waals surface area contributed by atoms with E-state index in [1.54, 1.807) is 24.3 Å². The second-order valence-electron chi connectivity index (χ2n) is 4.17. The molecule has 0 aromatic heterocycles. The lowest BCUT2D eigenvalue weighted by atomic mass is 10.1. The number of benzene rings is 2. The average Bonchev–Trinajstić information content (AvgIpc) is 2.39. The van der Waals surface area contributed by atoms with E-state index in [0.29, 0.717) is 17.7 Å². The number of amides is 2. The molecule has 4 nitrogen and oxygen atoms in total. The van der Waals surface area contributed by atoms with Crippen LogP contribution in [0.5, 0.6) is 0 Å². The van der Waals surface area contributed by atoms with Crippen LogP contribution in [0.3, 0.4) is 0 Å². The van der Waals surface area contributed by atoms with Gasteiger partial charge in [-0.05, 0) is 42.8 Å². The summed E-state index contributed by atoms with van der Waals surface area (Å²) in [7, 11) is 0. The van der Waals surface area contributed by atoms with Gasteiger partial charge in [0, 0.05) is 16.9 Å². The van der Waals surface area contributed by atoms with Gasteiger partial charge in [0.1, 0.15) is 0 Å². The first-order valence-electron chi connectivity index (χ1n) is 5.87. The zero-order chi connectivity index (χ0) is 13.7. The number of nitrogens with one attached hydrogen (secondary N) is 2. The maximum Gasteiger partial charge on any atom is 0.255 e. The molecule has 19 heavy (non-hydrogen) atoms. The van der Waals surface area contributed by atoms with Crippen LogP contribution in [0.1, 0.15) is 15.9 Å². The highest BCUT2D eigenvalue weighted by molar-refractivity contribution is 6.05. The molecule has 0 heterocycles. The van der Waals surface area contributed by atoms with E-state index in [2.05, 4.69) is 10.6 Å². The van der Waals surface area contributed by atoms with Crippen molar-refractivity contribution in [2.45, 2.75) is 6.92 Å². The molecule has 0 fully saturated rings. The molecule has 0 aliphatic heterocycles. The highest BCUT2D eigenvalue weighted by Gasteiger charge is 2.06. The summed E-state index contributed by atoms with van der Waals surface area (Å²) in [5.41, 5.74) is 2.91. The Morgan fingerprint density at radius 1 is 1.05 bits per heavy atom. The van der Waals surface area contributed by atoms with Crippen LogP contribution >= 0.6 is 0 Å². The maximum atomic E-state index is 12.1. The quantitative estimate of drug-likeness (QED) is 0.824. The molecule has 0 spiro atoms. The Morgan fingerprint density at radius 2 is 1.79 bits per heavy atom. The van der Waals surface area contributed by atoms with E-state index >= 15 is 0 Å². The Bertz CT molecular complexity index is 609. The van der Waals surface area contributed by atoms with Gasteiger partial charge in [-0.15, -0.1) is 0 Å². The summed E-state index contributed by atoms with van der Waals surface area (Å²) in [6.07, 6.45) is 0.581. The largest absolute Gasteiger partial charge is 0.329 e. The molecule has 0 unspecified atom stereocenters. The Hall–Kier alpha value is -2.62. The molecule has 0 saturated heterocycles. The minimum atomic E-state index is -0.208. The molecule has 0 saturated carbocycles. The molecule has 4 heteroatoms. The van der Waals surface area contributed by atoms with Gasteiger partial charge in [0.05, 0.1) is 0 Å². The Labute approximate surface area is 111 Å². The third-order valence-electron chi connectivity index (χ3n) is 2.63. The lowest BCUT2D eigenvalue weighted by Crippen LogP contribution is -2.12. The molecule has 0 atom stereocenters. The van der Waals surface area contributed by atoms with Crippen LogP contribution in [0.15, 0.2) is 48.5 Å². The van der Waals surface area contributed by atoms with Crippen molar-refractivity contribution < 1.29 is 9.59 Å². The molecule has 2 rings (SSSR count). The predicted octanol–water partition coefficient (Wildman–Crippen LogP) is 2.82. The molecule has 0 aliphatic rings. The van der Waals surface area contributed by atoms with Crippen molar-refractivity contribution in [3.8, 4) is 0 Å². The Balaban J connectivity index is 2.15. The van der Waals surface area contributed by atoms with Crippen molar-refractivity contribution >= 4 is 23.7 Å². The molecule has 2 amide bonds. The van der Waals surface area contributed by atoms with Crippen molar-refractivity contribution in [3.63, 3.8) is 0 Å². The first-order chi connectivity index (χ1) is 9.19. The van der Waals surface area contributed by atoms with Crippen LogP contribution in [-0.2, 0) is 4.79 Å². The normalized spacial score (nSPS) is 9.74. The lowest BCUT2D eigenvalue weighted by molar-refractivity contribution is -0.105. The molecule has 2 aromatic carbocycles. The van der Waals surface area contributed by atoms with Gasteiger partial charge in [0.15, 0.2) is 0 Å². The van der Waals surface area contributed by atoms with Crippen molar-refractivity contribution in [3.05, 3.63) is 59.7 Å². The van der Waals surface area contributed by atoms with E-state index in [1.165, 1.54) is 0 Å². The first kappa shape index (κ1) is 12.8. The topological polar surface area (TPSA) is 58.2 Å².